The molecule has 336 valence electrons. The van der Waals surface area contributed by atoms with E-state index in [1.807, 2.05) is 24.3 Å². The minimum absolute atomic E-state index is 0.00903. The monoisotopic (exact) mass is 889 g/mol. The van der Waals surface area contributed by atoms with Crippen LogP contribution < -0.4 is 11.1 Å². The molecule has 6 rings (SSSR count). The van der Waals surface area contributed by atoms with E-state index in [2.05, 4.69) is 5.32 Å². The van der Waals surface area contributed by atoms with Crippen molar-refractivity contribution >= 4 is 52.3 Å². The zero-order valence-corrected chi connectivity index (χ0v) is 37.1. The number of unbranched alkanes of at least 4 members (excludes halogenated alkanes) is 1. The van der Waals surface area contributed by atoms with Gasteiger partial charge in [-0.3, -0.25) is 33.6 Å². The number of benzene rings is 4. The van der Waals surface area contributed by atoms with Crippen LogP contribution in [0.1, 0.15) is 105 Å². The predicted molar refractivity (Wildman–Crippen MR) is 244 cm³/mol. The van der Waals surface area contributed by atoms with Gasteiger partial charge in [0.1, 0.15) is 29.1 Å². The number of rotatable bonds is 16. The highest BCUT2D eigenvalue weighted by molar-refractivity contribution is 6.30. The molecule has 12 nitrogen and oxygen atoms in total. The number of likely N-dealkylation sites (N-methyl/N-ethyl adjacent to an activating group) is 1. The Balaban J connectivity index is 1.28. The maximum absolute atomic E-state index is 14.7. The van der Waals surface area contributed by atoms with Crippen LogP contribution in [0, 0.1) is 17.8 Å². The molecule has 2 amide bonds. The average Bonchev–Trinajstić information content (AvgIpc) is 3.68. The molecule has 1 heterocycles. The molecule has 5 N–H and O–H groups in total. The first-order valence-corrected chi connectivity index (χ1v) is 22.4. The molecular formula is C51H56ClN3O9. The lowest BCUT2D eigenvalue weighted by Gasteiger charge is -2.32. The van der Waals surface area contributed by atoms with Crippen LogP contribution >= 0.6 is 11.6 Å². The van der Waals surface area contributed by atoms with Crippen molar-refractivity contribution in [2.24, 2.45) is 23.5 Å². The largest absolute Gasteiger partial charge is 0.507 e. The van der Waals surface area contributed by atoms with Crippen molar-refractivity contribution in [3.05, 3.63) is 107 Å². The van der Waals surface area contributed by atoms with Crippen LogP contribution in [0.5, 0.6) is 11.5 Å². The van der Waals surface area contributed by atoms with Crippen molar-refractivity contribution in [3.8, 4) is 33.8 Å². The van der Waals surface area contributed by atoms with Gasteiger partial charge in [-0.05, 0) is 97.3 Å². The smallest absolute Gasteiger partial charge is 0.226 e. The second-order valence-electron chi connectivity index (χ2n) is 17.3. The van der Waals surface area contributed by atoms with Crippen molar-refractivity contribution in [1.82, 2.24) is 10.2 Å². The lowest BCUT2D eigenvalue weighted by atomic mass is 9.87. The lowest BCUT2D eigenvalue weighted by Crippen LogP contribution is -2.46. The SMILES string of the molecule is C[C@@H]1CC(=O)[C@@H](N(C)C(=O)[C@H](CCCCN)CC(=O)c2ccc(-c3ccc(Cl)cc3)cc2)c2ccc(O)c(c2)-c2cc(ccc2O)C[C@@H](C(=O)CCC(=O)CC2CCCC2=O)NC1=O. The number of aromatic hydroxyl groups is 2. The van der Waals surface area contributed by atoms with Gasteiger partial charge < -0.3 is 26.2 Å². The fourth-order valence-corrected chi connectivity index (χ4v) is 8.93. The summed E-state index contributed by atoms with van der Waals surface area (Å²) in [5.74, 6) is -4.94. The number of Topliss-reactive ketones (excluding diaryl/α,β-unsaturated/α-hetero) is 5. The number of phenols is 2. The van der Waals surface area contributed by atoms with Crippen LogP contribution in [0.4, 0.5) is 0 Å². The molecule has 1 unspecified atom stereocenters. The molecule has 4 aromatic carbocycles. The summed E-state index contributed by atoms with van der Waals surface area (Å²) in [6, 6.07) is 21.0. The highest BCUT2D eigenvalue weighted by Gasteiger charge is 2.36. The normalized spacial score (nSPS) is 19.3. The quantitative estimate of drug-likeness (QED) is 0.0633. The molecule has 13 heteroatoms. The number of ketones is 5. The van der Waals surface area contributed by atoms with Crippen molar-refractivity contribution in [3.63, 3.8) is 0 Å². The van der Waals surface area contributed by atoms with E-state index < -0.39 is 47.3 Å². The summed E-state index contributed by atoms with van der Waals surface area (Å²) in [6.07, 6.45) is 2.63. The van der Waals surface area contributed by atoms with Crippen LogP contribution in [0.3, 0.4) is 0 Å². The number of carbonyl (C=O) groups excluding carboxylic acids is 7. The topological polar surface area (TPSA) is 201 Å². The third kappa shape index (κ3) is 11.8. The van der Waals surface area contributed by atoms with Gasteiger partial charge in [0.15, 0.2) is 17.3 Å². The summed E-state index contributed by atoms with van der Waals surface area (Å²) in [4.78, 5) is 97.0. The Kier molecular flexibility index (Phi) is 16.0. The highest BCUT2D eigenvalue weighted by atomic mass is 35.5. The van der Waals surface area contributed by atoms with Gasteiger partial charge in [-0.25, -0.2) is 0 Å². The van der Waals surface area contributed by atoms with Gasteiger partial charge in [0.05, 0.1) is 6.04 Å². The van der Waals surface area contributed by atoms with Crippen LogP contribution in [0.2, 0.25) is 5.02 Å². The Bertz CT molecular complexity index is 2400. The molecule has 1 aliphatic carbocycles. The number of amides is 2. The van der Waals surface area contributed by atoms with Crippen molar-refractivity contribution < 1.29 is 43.8 Å². The Morgan fingerprint density at radius 2 is 1.48 bits per heavy atom. The standard InChI is InChI=1S/C51H56ClN3O9/c1-30-24-48(62)49(55(2)51(64)37(6-3-4-23-53)29-47(61)34-12-10-32(11-13-34)33-14-17-38(52)18-15-33)36-16-21-45(59)41(28-36)40-25-31(9-20-44(40)58)26-42(54-50(30)63)46(60)22-19-39(56)27-35-7-5-8-43(35)57/h9-18,20-21,25,28,30,35,37,42,49,58-59H,3-8,19,22-24,26-27,29,53H2,1-2H3,(H,54,63)/t30-,35?,37-,42+,49+/m1/s1. The fraction of sp³-hybridized carbons (Fsp3) is 0.392. The number of nitrogens with zero attached hydrogens (tertiary/aromatic N) is 1. The number of phenolic OH excluding ortho intramolecular Hbond substituents is 2. The van der Waals surface area contributed by atoms with Crippen molar-refractivity contribution in [1.29, 1.82) is 0 Å². The Morgan fingerprint density at radius 3 is 2.14 bits per heavy atom. The van der Waals surface area contributed by atoms with Gasteiger partial charge >= 0.3 is 0 Å². The lowest BCUT2D eigenvalue weighted by molar-refractivity contribution is -0.142. The van der Waals surface area contributed by atoms with E-state index in [1.54, 1.807) is 43.3 Å². The summed E-state index contributed by atoms with van der Waals surface area (Å²) in [5.41, 5.74) is 9.23. The molecule has 0 spiro atoms. The Labute approximate surface area is 378 Å². The molecule has 64 heavy (non-hydrogen) atoms. The summed E-state index contributed by atoms with van der Waals surface area (Å²) in [5, 5.41) is 25.7. The van der Waals surface area contributed by atoms with Crippen molar-refractivity contribution in [2.45, 2.75) is 96.1 Å². The van der Waals surface area contributed by atoms with Crippen LogP contribution in [0.15, 0.2) is 84.9 Å². The average molecular weight is 890 g/mol. The zero-order valence-electron chi connectivity index (χ0n) is 36.3. The Morgan fingerprint density at radius 1 is 0.828 bits per heavy atom. The first kappa shape index (κ1) is 47.5. The second-order valence-corrected chi connectivity index (χ2v) is 17.7. The summed E-state index contributed by atoms with van der Waals surface area (Å²) in [6.45, 7) is 1.93. The molecule has 0 radical (unpaired) electrons. The minimum Gasteiger partial charge on any atom is -0.507 e. The van der Waals surface area contributed by atoms with E-state index in [0.717, 1.165) is 17.5 Å². The number of carbonyl (C=O) groups is 7. The zero-order chi connectivity index (χ0) is 46.1. The number of fused-ring (bicyclic) bond motifs is 5. The van der Waals surface area contributed by atoms with E-state index >= 15 is 0 Å². The molecule has 1 saturated carbocycles. The summed E-state index contributed by atoms with van der Waals surface area (Å²) >= 11 is 6.06. The molecule has 4 bridgehead atoms. The number of hydrogen-bond donors (Lipinski definition) is 4. The molecule has 5 atom stereocenters. The number of halogens is 1. The van der Waals surface area contributed by atoms with E-state index in [1.165, 1.54) is 36.2 Å². The summed E-state index contributed by atoms with van der Waals surface area (Å²) < 4.78 is 0. The minimum atomic E-state index is -1.28. The third-order valence-corrected chi connectivity index (χ3v) is 12.8. The van der Waals surface area contributed by atoms with Gasteiger partial charge in [-0.1, -0.05) is 73.5 Å². The maximum atomic E-state index is 14.7. The van der Waals surface area contributed by atoms with Crippen LogP contribution in [-0.2, 0) is 35.2 Å². The third-order valence-electron chi connectivity index (χ3n) is 12.6. The number of hydrogen-bond acceptors (Lipinski definition) is 10. The van der Waals surface area contributed by atoms with E-state index in [0.29, 0.717) is 60.4 Å². The first-order chi connectivity index (χ1) is 30.6. The molecule has 0 saturated heterocycles. The second kappa shape index (κ2) is 21.6. The van der Waals surface area contributed by atoms with E-state index in [-0.39, 0.29) is 84.4 Å². The van der Waals surface area contributed by atoms with Crippen molar-refractivity contribution in [2.75, 3.05) is 13.6 Å². The van der Waals surface area contributed by atoms with E-state index in [4.69, 9.17) is 17.3 Å². The van der Waals surface area contributed by atoms with Gasteiger partial charge in [0.2, 0.25) is 11.8 Å². The number of nitrogens with two attached hydrogens (primary N) is 1. The van der Waals surface area contributed by atoms with Gasteiger partial charge in [-0.2, -0.15) is 0 Å². The Hall–Kier alpha value is -5.98. The van der Waals surface area contributed by atoms with Crippen LogP contribution in [0.25, 0.3) is 22.3 Å². The van der Waals surface area contributed by atoms with E-state index in [9.17, 15) is 43.8 Å². The molecule has 1 fully saturated rings. The molecule has 2 aliphatic rings. The molecule has 4 aromatic rings. The van der Waals surface area contributed by atoms with Crippen LogP contribution in [-0.4, -0.2) is 75.5 Å². The van der Waals surface area contributed by atoms with Gasteiger partial charge in [0, 0.05) is 85.0 Å². The van der Waals surface area contributed by atoms with Gasteiger partial charge in [-0.15, -0.1) is 0 Å². The molecular weight excluding hydrogens is 834 g/mol. The number of nitrogens with one attached hydrogen (secondary N) is 1. The maximum Gasteiger partial charge on any atom is 0.226 e. The molecule has 1 aliphatic heterocycles. The summed E-state index contributed by atoms with van der Waals surface area (Å²) in [7, 11) is 1.48. The fourth-order valence-electron chi connectivity index (χ4n) is 8.81. The highest BCUT2D eigenvalue weighted by Crippen LogP contribution is 2.40. The molecule has 0 aromatic heterocycles. The predicted octanol–water partition coefficient (Wildman–Crippen LogP) is 7.92. The first-order valence-electron chi connectivity index (χ1n) is 22.0. The van der Waals surface area contributed by atoms with Gasteiger partial charge in [0.25, 0.3) is 0 Å².